The number of carbonyl (C=O) groups is 10. The van der Waals surface area contributed by atoms with Crippen LogP contribution in [0.25, 0.3) is 0 Å². The minimum Gasteiger partial charge on any atom is -0.494 e. The van der Waals surface area contributed by atoms with Gasteiger partial charge in [-0.3, -0.25) is 77.3 Å². The number of carboxylic acid groups (broad SMARTS) is 10. The summed E-state index contributed by atoms with van der Waals surface area (Å²) in [5.41, 5.74) is 1.54. The molecule has 0 aliphatic rings. The summed E-state index contributed by atoms with van der Waals surface area (Å²) >= 11 is 0. The summed E-state index contributed by atoms with van der Waals surface area (Å²) in [6.45, 7) is -3.53. The van der Waals surface area contributed by atoms with E-state index in [0.717, 1.165) is 30.7 Å². The minimum absolute atomic E-state index is 0.0456. The van der Waals surface area contributed by atoms with Gasteiger partial charge in [-0.05, 0) is 30.2 Å². The smallest absolute Gasteiger partial charge is 0.323 e. The molecule has 0 heterocycles. The fourth-order valence-corrected chi connectivity index (χ4v) is 6.92. The molecule has 0 amide bonds. The number of benzene rings is 2. The van der Waals surface area contributed by atoms with Gasteiger partial charge in [0.25, 0.3) is 0 Å². The Bertz CT molecular complexity index is 2100. The van der Waals surface area contributed by atoms with Gasteiger partial charge in [0, 0.05) is 52.4 Å². The molecule has 418 valence electrons. The van der Waals surface area contributed by atoms with Crippen molar-refractivity contribution in [1.82, 2.24) is 29.4 Å². The summed E-state index contributed by atoms with van der Waals surface area (Å²) in [4.78, 5) is 120. The van der Waals surface area contributed by atoms with Crippen molar-refractivity contribution in [3.63, 3.8) is 0 Å². The van der Waals surface area contributed by atoms with Gasteiger partial charge in [0.1, 0.15) is 17.8 Å². The third-order valence-electron chi connectivity index (χ3n) is 10.3. The Kier molecular flexibility index (Phi) is 32.0. The van der Waals surface area contributed by atoms with Crippen molar-refractivity contribution in [2.75, 3.05) is 125 Å². The highest BCUT2D eigenvalue weighted by Crippen LogP contribution is 2.14. The predicted molar refractivity (Wildman–Crippen MR) is 256 cm³/mol. The first-order valence-corrected chi connectivity index (χ1v) is 22.9. The molecule has 29 heteroatoms. The van der Waals surface area contributed by atoms with Crippen LogP contribution in [-0.4, -0.2) is 277 Å². The topological polar surface area (TPSA) is 420 Å². The minimum atomic E-state index is -1.36. The van der Waals surface area contributed by atoms with Crippen molar-refractivity contribution >= 4 is 59.7 Å². The van der Waals surface area contributed by atoms with E-state index in [4.69, 9.17) is 34.6 Å². The predicted octanol–water partition coefficient (Wildman–Crippen LogP) is -1.80. The number of ether oxygens (including phenoxy) is 3. The van der Waals surface area contributed by atoms with Gasteiger partial charge in [0.2, 0.25) is 0 Å². The Balaban J connectivity index is 0.000000752. The quantitative estimate of drug-likeness (QED) is 0.0351. The molecule has 0 spiro atoms. The van der Waals surface area contributed by atoms with Gasteiger partial charge < -0.3 is 65.3 Å². The molecule has 2 aromatic rings. The monoisotopic (exact) mass is 1070 g/mol. The molecule has 0 saturated heterocycles. The lowest BCUT2D eigenvalue weighted by Gasteiger charge is -2.30. The van der Waals surface area contributed by atoms with Crippen LogP contribution in [0, 0.1) is 0 Å². The van der Waals surface area contributed by atoms with Gasteiger partial charge >= 0.3 is 59.7 Å². The van der Waals surface area contributed by atoms with E-state index in [1.54, 1.807) is 48.5 Å². The van der Waals surface area contributed by atoms with E-state index >= 15 is 0 Å². The Hall–Kier alpha value is -7.38. The first kappa shape index (κ1) is 65.6. The van der Waals surface area contributed by atoms with Crippen LogP contribution in [0.1, 0.15) is 18.1 Å². The SMILES string of the molecule is CCOc1ccc(COCC(C(=O)O)N(CCN(CCN(CC(=O)O)CC(=O)O)CC(=O)O)CC(=O)O)cc1.O=C(O)CN(CCN(CC(=O)O)CC(=O)O)CCN(CC(=O)O)C(COCc1ccccc1)C(=O)O. The van der Waals surface area contributed by atoms with E-state index in [2.05, 4.69) is 0 Å². The number of carboxylic acids is 10. The van der Waals surface area contributed by atoms with Gasteiger partial charge in [-0.15, -0.1) is 0 Å². The molecule has 0 bridgehead atoms. The van der Waals surface area contributed by atoms with Gasteiger partial charge in [0.05, 0.1) is 85.4 Å². The van der Waals surface area contributed by atoms with E-state index in [1.807, 2.05) is 13.0 Å². The van der Waals surface area contributed by atoms with Crippen molar-refractivity contribution in [3.8, 4) is 5.75 Å². The highest BCUT2D eigenvalue weighted by Gasteiger charge is 2.30. The van der Waals surface area contributed by atoms with Gasteiger partial charge in [-0.2, -0.15) is 0 Å². The third-order valence-corrected chi connectivity index (χ3v) is 10.3. The van der Waals surface area contributed by atoms with Crippen LogP contribution in [0.2, 0.25) is 0 Å². The van der Waals surface area contributed by atoms with Crippen molar-refractivity contribution < 1.29 is 113 Å². The van der Waals surface area contributed by atoms with Crippen molar-refractivity contribution in [1.29, 1.82) is 0 Å². The maximum Gasteiger partial charge on any atom is 0.323 e. The van der Waals surface area contributed by atoms with E-state index < -0.39 is 124 Å². The zero-order valence-corrected chi connectivity index (χ0v) is 41.2. The van der Waals surface area contributed by atoms with E-state index in [-0.39, 0.29) is 78.8 Å². The summed E-state index contributed by atoms with van der Waals surface area (Å²) in [6.07, 6.45) is 0. The fourth-order valence-electron chi connectivity index (χ4n) is 6.92. The Morgan fingerprint density at radius 1 is 0.387 bits per heavy atom. The van der Waals surface area contributed by atoms with Crippen molar-refractivity contribution in [2.45, 2.75) is 32.2 Å². The Morgan fingerprint density at radius 3 is 0.987 bits per heavy atom. The molecule has 0 aliphatic heterocycles. The van der Waals surface area contributed by atoms with Crippen LogP contribution in [0.4, 0.5) is 0 Å². The Labute approximate surface area is 429 Å². The third kappa shape index (κ3) is 31.7. The maximum absolute atomic E-state index is 12.0. The molecule has 0 aliphatic carbocycles. The summed E-state index contributed by atoms with van der Waals surface area (Å²) in [6, 6.07) is 13.2. The van der Waals surface area contributed by atoms with Gasteiger partial charge in [0.15, 0.2) is 0 Å². The molecule has 2 unspecified atom stereocenters. The van der Waals surface area contributed by atoms with E-state index in [1.165, 1.54) is 9.80 Å². The lowest BCUT2D eigenvalue weighted by Crippen LogP contribution is -2.50. The molecule has 2 atom stereocenters. The van der Waals surface area contributed by atoms with Gasteiger partial charge in [-0.25, -0.2) is 0 Å². The molecule has 29 nitrogen and oxygen atoms in total. The standard InChI is InChI=1S/C24H35N3O12.C22H31N3O11/c1-2-39-18-5-3-17(4-6-18)15-38-16-19(24(36)37)27(14-23(34)35)10-9-25(11-20(28)29)7-8-26(12-21(30)31)13-22(32)33;26-18(27)10-23(6-7-24(11-19(28)29)12-20(30)31)8-9-25(13-21(32)33)17(22(34)35)15-36-14-16-4-2-1-3-5-16/h3-6,19H,2,7-16H2,1H3,(H,28,29)(H,30,31)(H,32,33)(H,34,35)(H,36,37);1-5,17H,6-15H2,(H,26,27)(H,28,29)(H,30,31)(H,32,33)(H,34,35). The second-order valence-electron chi connectivity index (χ2n) is 16.4. The number of nitrogens with zero attached hydrogens (tertiary/aromatic N) is 6. The normalized spacial score (nSPS) is 12.0. The zero-order valence-electron chi connectivity index (χ0n) is 41.2. The summed E-state index contributed by atoms with van der Waals surface area (Å²) in [5, 5.41) is 92.3. The average Bonchev–Trinajstić information content (AvgIpc) is 3.29. The number of hydrogen-bond acceptors (Lipinski definition) is 19. The van der Waals surface area contributed by atoms with Crippen LogP contribution in [-0.2, 0) is 70.6 Å². The van der Waals surface area contributed by atoms with Gasteiger partial charge in [-0.1, -0.05) is 42.5 Å². The molecule has 0 saturated carbocycles. The van der Waals surface area contributed by atoms with E-state index in [0.29, 0.717) is 12.4 Å². The highest BCUT2D eigenvalue weighted by atomic mass is 16.5. The van der Waals surface area contributed by atoms with Crippen LogP contribution in [0.5, 0.6) is 5.75 Å². The second kappa shape index (κ2) is 36.5. The number of aliphatic carboxylic acids is 10. The molecule has 10 N–H and O–H groups in total. The zero-order chi connectivity index (χ0) is 56.5. The van der Waals surface area contributed by atoms with Crippen molar-refractivity contribution in [2.24, 2.45) is 0 Å². The first-order chi connectivity index (χ1) is 35.4. The fraction of sp³-hybridized carbons (Fsp3) is 0.522. The second-order valence-corrected chi connectivity index (χ2v) is 16.4. The molecular formula is C46H66N6O23. The lowest BCUT2D eigenvalue weighted by molar-refractivity contribution is -0.151. The summed E-state index contributed by atoms with van der Waals surface area (Å²) < 4.78 is 16.4. The largest absolute Gasteiger partial charge is 0.494 e. The molecule has 2 rings (SSSR count). The average molecular weight is 1070 g/mol. The molecule has 0 radical (unpaired) electrons. The summed E-state index contributed by atoms with van der Waals surface area (Å²) in [5.74, 6) is -12.1. The molecule has 0 aromatic heterocycles. The maximum atomic E-state index is 12.0. The lowest BCUT2D eigenvalue weighted by atomic mass is 10.2. The molecular weight excluding hydrogens is 1000 g/mol. The number of hydrogen-bond donors (Lipinski definition) is 10. The first-order valence-electron chi connectivity index (χ1n) is 22.9. The van der Waals surface area contributed by atoms with Crippen LogP contribution < -0.4 is 4.74 Å². The van der Waals surface area contributed by atoms with Crippen LogP contribution >= 0.6 is 0 Å². The van der Waals surface area contributed by atoms with Crippen LogP contribution in [0.3, 0.4) is 0 Å². The highest BCUT2D eigenvalue weighted by molar-refractivity contribution is 5.77. The van der Waals surface area contributed by atoms with Crippen molar-refractivity contribution in [3.05, 3.63) is 65.7 Å². The van der Waals surface area contributed by atoms with Crippen LogP contribution in [0.15, 0.2) is 54.6 Å². The summed E-state index contributed by atoms with van der Waals surface area (Å²) in [7, 11) is 0. The Morgan fingerprint density at radius 2 is 0.680 bits per heavy atom. The van der Waals surface area contributed by atoms with E-state index in [9.17, 15) is 78.6 Å². The molecule has 75 heavy (non-hydrogen) atoms. The molecule has 0 fully saturated rings. The number of rotatable bonds is 42. The molecule has 2 aromatic carbocycles.